The van der Waals surface area contributed by atoms with E-state index in [4.69, 9.17) is 44.1 Å². The first kappa shape index (κ1) is 26.6. The molecule has 196 valence electrons. The van der Waals surface area contributed by atoms with Crippen LogP contribution >= 0.6 is 34.8 Å². The first-order valence-corrected chi connectivity index (χ1v) is 13.2. The molecule has 0 spiro atoms. The van der Waals surface area contributed by atoms with Crippen molar-refractivity contribution in [3.05, 3.63) is 104 Å². The molecule has 3 unspecified atom stereocenters. The van der Waals surface area contributed by atoms with Gasteiger partial charge in [0.05, 0.1) is 21.2 Å². The van der Waals surface area contributed by atoms with Crippen LogP contribution in [0.25, 0.3) is 11.3 Å². The van der Waals surface area contributed by atoms with Gasteiger partial charge < -0.3 is 19.5 Å². The van der Waals surface area contributed by atoms with Gasteiger partial charge in [0.2, 0.25) is 6.29 Å². The van der Waals surface area contributed by atoms with E-state index in [1.807, 2.05) is 26.0 Å². The van der Waals surface area contributed by atoms with Crippen molar-refractivity contribution in [2.75, 3.05) is 0 Å². The Morgan fingerprint density at radius 2 is 1.71 bits per heavy atom. The summed E-state index contributed by atoms with van der Waals surface area (Å²) in [5.41, 5.74) is 3.28. The van der Waals surface area contributed by atoms with E-state index in [1.54, 1.807) is 48.5 Å². The van der Waals surface area contributed by atoms with Gasteiger partial charge in [-0.3, -0.25) is 0 Å². The van der Waals surface area contributed by atoms with Crippen molar-refractivity contribution >= 4 is 40.8 Å². The van der Waals surface area contributed by atoms with Crippen LogP contribution in [0, 0.1) is 0 Å². The number of hydrogen-bond acceptors (Lipinski definition) is 5. The van der Waals surface area contributed by atoms with E-state index < -0.39 is 12.3 Å². The lowest BCUT2D eigenvalue weighted by atomic mass is 10.00. The summed E-state index contributed by atoms with van der Waals surface area (Å²) in [7, 11) is 0. The Morgan fingerprint density at radius 1 is 1.00 bits per heavy atom. The van der Waals surface area contributed by atoms with E-state index in [0.717, 1.165) is 17.5 Å². The second kappa shape index (κ2) is 10.6. The smallest absolute Gasteiger partial charge is 0.335 e. The Morgan fingerprint density at radius 3 is 2.37 bits per heavy atom. The average molecular weight is 573 g/mol. The minimum atomic E-state index is -1.42. The fourth-order valence-corrected chi connectivity index (χ4v) is 5.64. The lowest BCUT2D eigenvalue weighted by molar-refractivity contribution is -0.0205. The molecule has 0 bridgehead atoms. The first-order valence-electron chi connectivity index (χ1n) is 12.1. The number of hydrogen-bond donors (Lipinski definition) is 2. The van der Waals surface area contributed by atoms with Gasteiger partial charge in [-0.2, -0.15) is 0 Å². The molecular formula is C29H24Cl3NO5. The van der Waals surface area contributed by atoms with Gasteiger partial charge in [0.25, 0.3) is 0 Å². The molecule has 2 N–H and O–H groups in total. The Kier molecular flexibility index (Phi) is 7.43. The number of rotatable bonds is 8. The lowest BCUT2D eigenvalue weighted by Crippen LogP contribution is -2.10. The number of aromatic carboxylic acids is 1. The summed E-state index contributed by atoms with van der Waals surface area (Å²) in [6, 6.07) is 17.4. The second-order valence-corrected chi connectivity index (χ2v) is 10.8. The topological polar surface area (TPSA) is 92.8 Å². The van der Waals surface area contributed by atoms with Gasteiger partial charge >= 0.3 is 5.97 Å². The zero-order valence-electron chi connectivity index (χ0n) is 20.5. The standard InChI is InChI=1S/C29H24Cl3NO5/c1-14(2)27-25(26(33-38-27)24-21(30)7-4-8-22(24)31)29(36)37-17-9-10-18(23(32)12-17)20-13-19(20)15-5-3-6-16(11-15)28(34)35/h3-12,14,19-20,29,36H,13H2,1-2H3,(H,34,35). The van der Waals surface area contributed by atoms with E-state index in [-0.39, 0.29) is 23.3 Å². The normalized spacial score (nSPS) is 17.4. The highest BCUT2D eigenvalue weighted by Crippen LogP contribution is 2.56. The minimum absolute atomic E-state index is 0.0943. The molecule has 38 heavy (non-hydrogen) atoms. The molecule has 1 heterocycles. The molecule has 0 amide bonds. The number of aromatic nitrogens is 1. The van der Waals surface area contributed by atoms with Crippen LogP contribution < -0.4 is 4.74 Å². The number of benzene rings is 3. The first-order chi connectivity index (χ1) is 18.2. The maximum Gasteiger partial charge on any atom is 0.335 e. The molecule has 1 aliphatic rings. The highest BCUT2D eigenvalue weighted by Gasteiger charge is 2.41. The third-order valence-electron chi connectivity index (χ3n) is 6.70. The lowest BCUT2D eigenvalue weighted by Gasteiger charge is -2.17. The Bertz CT molecular complexity index is 1500. The van der Waals surface area contributed by atoms with Gasteiger partial charge in [-0.05, 0) is 65.8 Å². The highest BCUT2D eigenvalue weighted by molar-refractivity contribution is 6.39. The van der Waals surface area contributed by atoms with Gasteiger partial charge in [0.15, 0.2) is 0 Å². The van der Waals surface area contributed by atoms with Crippen LogP contribution in [-0.4, -0.2) is 21.3 Å². The zero-order valence-corrected chi connectivity index (χ0v) is 22.8. The fraction of sp³-hybridized carbons (Fsp3) is 0.241. The Balaban J connectivity index is 1.39. The third kappa shape index (κ3) is 5.14. The van der Waals surface area contributed by atoms with Gasteiger partial charge in [-0.25, -0.2) is 4.79 Å². The van der Waals surface area contributed by atoms with Gasteiger partial charge in [-0.1, -0.05) is 78.1 Å². The fourth-order valence-electron chi connectivity index (χ4n) is 4.75. The predicted octanol–water partition coefficient (Wildman–Crippen LogP) is 8.46. The Labute approximate surface area is 234 Å². The van der Waals surface area contributed by atoms with Crippen molar-refractivity contribution in [3.8, 4) is 17.0 Å². The maximum absolute atomic E-state index is 11.3. The molecular weight excluding hydrogens is 549 g/mol. The molecule has 1 aliphatic carbocycles. The maximum atomic E-state index is 11.3. The van der Waals surface area contributed by atoms with Crippen molar-refractivity contribution < 1.29 is 24.3 Å². The average Bonchev–Trinajstić information content (AvgIpc) is 3.54. The van der Waals surface area contributed by atoms with E-state index in [2.05, 4.69) is 5.16 Å². The minimum Gasteiger partial charge on any atom is -0.478 e. The molecule has 5 rings (SSSR count). The van der Waals surface area contributed by atoms with E-state index in [1.165, 1.54) is 0 Å². The number of aliphatic hydroxyl groups is 1. The number of aliphatic hydroxyl groups excluding tert-OH is 1. The summed E-state index contributed by atoms with van der Waals surface area (Å²) in [5, 5.41) is 25.9. The molecule has 1 saturated carbocycles. The molecule has 1 fully saturated rings. The van der Waals surface area contributed by atoms with E-state index in [0.29, 0.717) is 43.4 Å². The van der Waals surface area contributed by atoms with Crippen molar-refractivity contribution in [2.24, 2.45) is 0 Å². The van der Waals surface area contributed by atoms with Crippen LogP contribution in [0.4, 0.5) is 0 Å². The largest absolute Gasteiger partial charge is 0.478 e. The molecule has 0 radical (unpaired) electrons. The van der Waals surface area contributed by atoms with Crippen LogP contribution in [0.15, 0.2) is 65.2 Å². The number of nitrogens with zero attached hydrogens (tertiary/aromatic N) is 1. The monoisotopic (exact) mass is 571 g/mol. The predicted molar refractivity (Wildman–Crippen MR) is 147 cm³/mol. The van der Waals surface area contributed by atoms with Crippen molar-refractivity contribution in [2.45, 2.75) is 44.3 Å². The van der Waals surface area contributed by atoms with Crippen molar-refractivity contribution in [3.63, 3.8) is 0 Å². The zero-order chi connectivity index (χ0) is 27.1. The molecule has 0 saturated heterocycles. The molecule has 9 heteroatoms. The van der Waals surface area contributed by atoms with Crippen LogP contribution in [0.5, 0.6) is 5.75 Å². The molecule has 3 aromatic carbocycles. The highest BCUT2D eigenvalue weighted by atomic mass is 35.5. The molecule has 1 aromatic heterocycles. The SMILES string of the molecule is CC(C)c1onc(-c2c(Cl)cccc2Cl)c1C(O)Oc1ccc(C2CC2c2cccc(C(=O)O)c2)c(Cl)c1. The molecule has 0 aliphatic heterocycles. The second-order valence-electron chi connectivity index (χ2n) is 9.59. The number of carboxylic acid groups (broad SMARTS) is 1. The van der Waals surface area contributed by atoms with Crippen LogP contribution in [-0.2, 0) is 0 Å². The summed E-state index contributed by atoms with van der Waals surface area (Å²) < 4.78 is 11.5. The van der Waals surface area contributed by atoms with Crippen LogP contribution in [0.3, 0.4) is 0 Å². The summed E-state index contributed by atoms with van der Waals surface area (Å²) in [5.74, 6) is 0.139. The van der Waals surface area contributed by atoms with Crippen LogP contribution in [0.2, 0.25) is 15.1 Å². The van der Waals surface area contributed by atoms with E-state index >= 15 is 0 Å². The quantitative estimate of drug-likeness (QED) is 0.206. The van der Waals surface area contributed by atoms with Gasteiger partial charge in [0.1, 0.15) is 17.2 Å². The number of ether oxygens (including phenoxy) is 1. The third-order valence-corrected chi connectivity index (χ3v) is 7.66. The van der Waals surface area contributed by atoms with Crippen molar-refractivity contribution in [1.29, 1.82) is 0 Å². The molecule has 6 nitrogen and oxygen atoms in total. The van der Waals surface area contributed by atoms with Crippen LogP contribution in [0.1, 0.15) is 77.1 Å². The van der Waals surface area contributed by atoms with Crippen molar-refractivity contribution in [1.82, 2.24) is 5.16 Å². The summed E-state index contributed by atoms with van der Waals surface area (Å²) in [6.45, 7) is 3.83. The number of carbonyl (C=O) groups is 1. The number of carboxylic acids is 1. The molecule has 4 aromatic rings. The van der Waals surface area contributed by atoms with Gasteiger partial charge in [-0.15, -0.1) is 0 Å². The summed E-state index contributed by atoms with van der Waals surface area (Å²) >= 11 is 19.5. The Hall–Kier alpha value is -3.03. The number of halogens is 3. The summed E-state index contributed by atoms with van der Waals surface area (Å²) in [6.07, 6.45) is -0.554. The summed E-state index contributed by atoms with van der Waals surface area (Å²) in [4.78, 5) is 11.3. The molecule has 3 atom stereocenters. The van der Waals surface area contributed by atoms with Gasteiger partial charge in [0, 0.05) is 16.5 Å². The van der Waals surface area contributed by atoms with E-state index in [9.17, 15) is 15.0 Å².